The molecular formula is C19H19NO8. The van der Waals surface area contributed by atoms with Crippen molar-refractivity contribution in [1.29, 1.82) is 0 Å². The summed E-state index contributed by atoms with van der Waals surface area (Å²) in [6, 6.07) is 8.69. The highest BCUT2D eigenvalue weighted by Crippen LogP contribution is 2.35. The Morgan fingerprint density at radius 3 is 2.29 bits per heavy atom. The van der Waals surface area contributed by atoms with Crippen molar-refractivity contribution in [2.45, 2.75) is 6.92 Å². The van der Waals surface area contributed by atoms with Crippen LogP contribution in [0.4, 0.5) is 5.69 Å². The number of carbonyl (C=O) groups is 2. The predicted molar refractivity (Wildman–Crippen MR) is 98.4 cm³/mol. The molecule has 28 heavy (non-hydrogen) atoms. The fourth-order valence-corrected chi connectivity index (χ4v) is 2.45. The number of para-hydroxylation sites is 1. The molecule has 148 valence electrons. The van der Waals surface area contributed by atoms with Crippen LogP contribution in [0.15, 0.2) is 36.4 Å². The number of rotatable bonds is 9. The van der Waals surface area contributed by atoms with E-state index < -0.39 is 29.0 Å². The molecule has 2 aromatic carbocycles. The van der Waals surface area contributed by atoms with Gasteiger partial charge in [-0.2, -0.15) is 0 Å². The molecule has 9 nitrogen and oxygen atoms in total. The van der Waals surface area contributed by atoms with Crippen molar-refractivity contribution in [2.24, 2.45) is 0 Å². The van der Waals surface area contributed by atoms with Gasteiger partial charge in [0.15, 0.2) is 18.1 Å². The number of ketones is 1. The molecule has 0 bridgehead atoms. The van der Waals surface area contributed by atoms with Crippen molar-refractivity contribution in [1.82, 2.24) is 0 Å². The first kappa shape index (κ1) is 20.7. The fraction of sp³-hybridized carbons (Fsp3) is 0.263. The molecule has 0 fully saturated rings. The van der Waals surface area contributed by atoms with Gasteiger partial charge in [-0.05, 0) is 19.1 Å². The van der Waals surface area contributed by atoms with Crippen molar-refractivity contribution in [3.63, 3.8) is 0 Å². The zero-order valence-electron chi connectivity index (χ0n) is 15.6. The Morgan fingerprint density at radius 1 is 1.00 bits per heavy atom. The van der Waals surface area contributed by atoms with Crippen molar-refractivity contribution in [3.8, 4) is 17.2 Å². The lowest BCUT2D eigenvalue weighted by Gasteiger charge is -2.12. The quantitative estimate of drug-likeness (QED) is 0.278. The smallest absolute Gasteiger partial charge is 0.345 e. The van der Waals surface area contributed by atoms with Crippen LogP contribution in [0.3, 0.4) is 0 Å². The number of nitrogens with zero attached hydrogens (tertiary/aromatic N) is 1. The van der Waals surface area contributed by atoms with E-state index in [1.54, 1.807) is 25.1 Å². The minimum Gasteiger partial charge on any atom is -0.496 e. The molecule has 0 saturated heterocycles. The lowest BCUT2D eigenvalue weighted by Crippen LogP contribution is -2.16. The number of hydrogen-bond donors (Lipinski definition) is 0. The Bertz CT molecular complexity index is 893. The third-order valence-electron chi connectivity index (χ3n) is 3.74. The van der Waals surface area contributed by atoms with Crippen LogP contribution >= 0.6 is 0 Å². The molecule has 0 aromatic heterocycles. The number of nitro benzene ring substituents is 1. The SMILES string of the molecule is CCOc1cc([N+](=O)[O-])c(C(=O)OCC(=O)c2ccccc2OC)cc1OC. The second kappa shape index (κ2) is 9.36. The first-order chi connectivity index (χ1) is 13.4. The molecule has 0 atom stereocenters. The molecule has 0 spiro atoms. The van der Waals surface area contributed by atoms with E-state index in [0.29, 0.717) is 5.75 Å². The second-order valence-electron chi connectivity index (χ2n) is 5.41. The summed E-state index contributed by atoms with van der Waals surface area (Å²) in [7, 11) is 2.75. The summed E-state index contributed by atoms with van der Waals surface area (Å²) in [4.78, 5) is 35.3. The highest BCUT2D eigenvalue weighted by molar-refractivity contribution is 6.02. The molecule has 2 aromatic rings. The van der Waals surface area contributed by atoms with E-state index >= 15 is 0 Å². The van der Waals surface area contributed by atoms with E-state index in [1.807, 2.05) is 0 Å². The molecule has 0 aliphatic carbocycles. The lowest BCUT2D eigenvalue weighted by atomic mass is 10.1. The van der Waals surface area contributed by atoms with Crippen molar-refractivity contribution < 1.29 is 33.5 Å². The van der Waals surface area contributed by atoms with Crippen LogP contribution < -0.4 is 14.2 Å². The maximum atomic E-state index is 12.4. The normalized spacial score (nSPS) is 10.1. The largest absolute Gasteiger partial charge is 0.496 e. The highest BCUT2D eigenvalue weighted by atomic mass is 16.6. The monoisotopic (exact) mass is 389 g/mol. The van der Waals surface area contributed by atoms with Crippen LogP contribution in [0.1, 0.15) is 27.6 Å². The molecular weight excluding hydrogens is 370 g/mol. The summed E-state index contributed by atoms with van der Waals surface area (Å²) >= 11 is 0. The van der Waals surface area contributed by atoms with Crippen molar-refractivity contribution in [3.05, 3.63) is 57.6 Å². The summed E-state index contributed by atoms with van der Waals surface area (Å²) in [6.45, 7) is 1.35. The third kappa shape index (κ3) is 4.56. The zero-order valence-corrected chi connectivity index (χ0v) is 15.6. The zero-order chi connectivity index (χ0) is 20.7. The van der Waals surface area contributed by atoms with Gasteiger partial charge in [0.05, 0.1) is 37.4 Å². The van der Waals surface area contributed by atoms with Gasteiger partial charge in [-0.15, -0.1) is 0 Å². The molecule has 0 unspecified atom stereocenters. The molecule has 0 heterocycles. The van der Waals surface area contributed by atoms with Crippen LogP contribution in [-0.4, -0.2) is 44.1 Å². The molecule has 0 radical (unpaired) electrons. The first-order valence-electron chi connectivity index (χ1n) is 8.25. The summed E-state index contributed by atoms with van der Waals surface area (Å²) in [5.74, 6) is -0.950. The minimum absolute atomic E-state index is 0.123. The summed E-state index contributed by atoms with van der Waals surface area (Å²) in [5.41, 5.74) is -0.631. The number of carbonyl (C=O) groups excluding carboxylic acids is 2. The predicted octanol–water partition coefficient (Wildman–Crippen LogP) is 3.05. The Labute approximate surface area is 160 Å². The number of benzene rings is 2. The molecule has 2 rings (SSSR count). The van der Waals surface area contributed by atoms with E-state index in [1.165, 1.54) is 20.3 Å². The second-order valence-corrected chi connectivity index (χ2v) is 5.41. The van der Waals surface area contributed by atoms with Gasteiger partial charge in [-0.1, -0.05) is 12.1 Å². The van der Waals surface area contributed by atoms with Gasteiger partial charge in [0.1, 0.15) is 11.3 Å². The van der Waals surface area contributed by atoms with E-state index in [4.69, 9.17) is 18.9 Å². The maximum absolute atomic E-state index is 12.4. The average Bonchev–Trinajstić information content (AvgIpc) is 2.71. The maximum Gasteiger partial charge on any atom is 0.345 e. The number of nitro groups is 1. The average molecular weight is 389 g/mol. The number of esters is 1. The van der Waals surface area contributed by atoms with E-state index in [2.05, 4.69) is 0 Å². The van der Waals surface area contributed by atoms with E-state index in [0.717, 1.165) is 12.1 Å². The third-order valence-corrected chi connectivity index (χ3v) is 3.74. The molecule has 9 heteroatoms. The molecule has 0 amide bonds. The van der Waals surface area contributed by atoms with Gasteiger partial charge in [0, 0.05) is 6.07 Å². The van der Waals surface area contributed by atoms with Gasteiger partial charge in [-0.3, -0.25) is 14.9 Å². The molecule has 0 aliphatic heterocycles. The topological polar surface area (TPSA) is 114 Å². The van der Waals surface area contributed by atoms with Gasteiger partial charge in [0.2, 0.25) is 5.78 Å². The van der Waals surface area contributed by atoms with Gasteiger partial charge >= 0.3 is 5.97 Å². The Hall–Kier alpha value is -3.62. The van der Waals surface area contributed by atoms with Crippen LogP contribution in [-0.2, 0) is 4.74 Å². The number of ether oxygens (including phenoxy) is 4. The van der Waals surface area contributed by atoms with Crippen molar-refractivity contribution in [2.75, 3.05) is 27.4 Å². The van der Waals surface area contributed by atoms with Gasteiger partial charge in [0.25, 0.3) is 5.69 Å². The summed E-state index contributed by atoms with van der Waals surface area (Å²) in [5, 5.41) is 11.3. The molecule has 0 N–H and O–H groups in total. The Balaban J connectivity index is 2.25. The summed E-state index contributed by atoms with van der Waals surface area (Å²) in [6.07, 6.45) is 0. The Kier molecular flexibility index (Phi) is 6.91. The Morgan fingerprint density at radius 2 is 1.68 bits per heavy atom. The van der Waals surface area contributed by atoms with E-state index in [9.17, 15) is 19.7 Å². The van der Waals surface area contributed by atoms with Gasteiger partial charge in [-0.25, -0.2) is 4.79 Å². The first-order valence-corrected chi connectivity index (χ1v) is 8.25. The fourth-order valence-electron chi connectivity index (χ4n) is 2.45. The summed E-state index contributed by atoms with van der Waals surface area (Å²) < 4.78 is 20.5. The number of hydrogen-bond acceptors (Lipinski definition) is 8. The number of Topliss-reactive ketones (excluding diaryl/α,β-unsaturated/α-hetero) is 1. The van der Waals surface area contributed by atoms with Crippen LogP contribution in [0.2, 0.25) is 0 Å². The van der Waals surface area contributed by atoms with Crippen LogP contribution in [0.25, 0.3) is 0 Å². The molecule has 0 aliphatic rings. The van der Waals surface area contributed by atoms with Crippen molar-refractivity contribution >= 4 is 17.4 Å². The van der Waals surface area contributed by atoms with Gasteiger partial charge < -0.3 is 18.9 Å². The highest BCUT2D eigenvalue weighted by Gasteiger charge is 2.26. The molecule has 0 saturated carbocycles. The van der Waals surface area contributed by atoms with Crippen LogP contribution in [0, 0.1) is 10.1 Å². The van der Waals surface area contributed by atoms with E-state index in [-0.39, 0.29) is 29.2 Å². The lowest BCUT2D eigenvalue weighted by molar-refractivity contribution is -0.385. The number of methoxy groups -OCH3 is 2. The standard InChI is InChI=1S/C19H19NO8/c1-4-27-18-10-14(20(23)24)13(9-17(18)26-3)19(22)28-11-15(21)12-7-5-6-8-16(12)25-2/h5-10H,4,11H2,1-3H3. The minimum atomic E-state index is -1.03. The van der Waals surface area contributed by atoms with Crippen LogP contribution in [0.5, 0.6) is 17.2 Å².